The molecule has 88 heavy (non-hydrogen) atoms. The summed E-state index contributed by atoms with van der Waals surface area (Å²) < 4.78 is 101. The molecule has 4 fully saturated rings. The van der Waals surface area contributed by atoms with E-state index in [1.807, 2.05) is 126 Å². The number of rotatable bonds is 27. The Morgan fingerprint density at radius 1 is 0.591 bits per heavy atom. The molecule has 20 nitrogen and oxygen atoms in total. The number of aliphatic hydroxyl groups excluding tert-OH is 2. The van der Waals surface area contributed by atoms with Crippen molar-refractivity contribution < 1.29 is 94.0 Å². The first-order chi connectivity index (χ1) is 41.7. The largest absolute Gasteiger partial charge is 0.458 e. The average molecular weight is 1250 g/mol. The summed E-state index contributed by atoms with van der Waals surface area (Å²) in [6, 6.07) is 37.7. The molecule has 0 spiro atoms. The monoisotopic (exact) mass is 1250 g/mol. The Kier molecular flexibility index (Phi) is 30.0. The first-order valence-electron chi connectivity index (χ1n) is 29.7. The molecule has 0 unspecified atom stereocenters. The number of esters is 2. The highest BCUT2D eigenvalue weighted by Crippen LogP contribution is 2.34. The van der Waals surface area contributed by atoms with Crippen LogP contribution in [0.2, 0.25) is 0 Å². The van der Waals surface area contributed by atoms with Crippen molar-refractivity contribution in [2.24, 2.45) is 17.8 Å². The number of ether oxygens (including phenoxy) is 13. The predicted molar refractivity (Wildman–Crippen MR) is 327 cm³/mol. The molecule has 0 saturated carbocycles. The van der Waals surface area contributed by atoms with Crippen molar-refractivity contribution in [2.45, 2.75) is 160 Å². The summed E-state index contributed by atoms with van der Waals surface area (Å²) in [4.78, 5) is 24.8. The summed E-state index contributed by atoms with van der Waals surface area (Å²) in [7, 11) is -3.69. The minimum absolute atomic E-state index is 0.00403. The summed E-state index contributed by atoms with van der Waals surface area (Å²) >= 11 is 0. The van der Waals surface area contributed by atoms with Gasteiger partial charge in [0, 0.05) is 11.8 Å². The van der Waals surface area contributed by atoms with Crippen molar-refractivity contribution in [1.82, 2.24) is 0 Å². The second-order valence-corrected chi connectivity index (χ2v) is 25.6. The minimum atomic E-state index is -3.69. The summed E-state index contributed by atoms with van der Waals surface area (Å²) in [6.45, 7) is 30.3. The average Bonchev–Trinajstić information content (AvgIpc) is 3.70. The van der Waals surface area contributed by atoms with Gasteiger partial charge in [-0.2, -0.15) is 8.42 Å². The van der Waals surface area contributed by atoms with Gasteiger partial charge < -0.3 is 71.8 Å². The van der Waals surface area contributed by atoms with E-state index in [1.165, 1.54) is 18.2 Å². The Labute approximate surface area is 520 Å². The van der Waals surface area contributed by atoms with Crippen molar-refractivity contribution in [3.05, 3.63) is 163 Å². The van der Waals surface area contributed by atoms with Crippen molar-refractivity contribution in [1.29, 1.82) is 0 Å². The highest BCUT2D eigenvalue weighted by Gasteiger charge is 2.48. The third-order valence-electron chi connectivity index (χ3n) is 13.4. The summed E-state index contributed by atoms with van der Waals surface area (Å²) in [5, 5.41) is 19.9. The van der Waals surface area contributed by atoms with Crippen LogP contribution in [-0.4, -0.2) is 162 Å². The van der Waals surface area contributed by atoms with E-state index >= 15 is 0 Å². The molecule has 488 valence electrons. The smallest absolute Gasteiger partial charge is 0.336 e. The van der Waals surface area contributed by atoms with Gasteiger partial charge in [-0.1, -0.05) is 121 Å². The van der Waals surface area contributed by atoms with E-state index in [0.717, 1.165) is 16.7 Å². The molecule has 4 heterocycles. The van der Waals surface area contributed by atoms with E-state index in [2.05, 4.69) is 13.2 Å². The van der Waals surface area contributed by atoms with Crippen LogP contribution in [0.15, 0.2) is 152 Å². The lowest BCUT2D eigenvalue weighted by Crippen LogP contribution is -2.43. The van der Waals surface area contributed by atoms with Gasteiger partial charge in [0.25, 0.3) is 10.1 Å². The van der Waals surface area contributed by atoms with Crippen molar-refractivity contribution in [3.8, 4) is 0 Å². The second-order valence-electron chi connectivity index (χ2n) is 24.0. The summed E-state index contributed by atoms with van der Waals surface area (Å²) in [6.07, 6.45) is -0.622. The summed E-state index contributed by atoms with van der Waals surface area (Å²) in [5.74, 6) is -3.56. The van der Waals surface area contributed by atoms with Crippen molar-refractivity contribution in [3.63, 3.8) is 0 Å². The molecule has 21 heteroatoms. The number of fused-ring (bicyclic) bond motifs is 1. The van der Waals surface area contributed by atoms with Gasteiger partial charge >= 0.3 is 11.9 Å². The highest BCUT2D eigenvalue weighted by molar-refractivity contribution is 7.86. The van der Waals surface area contributed by atoms with E-state index in [0.29, 0.717) is 66.1 Å². The maximum atomic E-state index is 12.8. The lowest BCUT2D eigenvalue weighted by molar-refractivity contribution is -0.180. The highest BCUT2D eigenvalue weighted by atomic mass is 32.2. The number of benzene rings is 4. The van der Waals surface area contributed by atoms with Crippen molar-refractivity contribution >= 4 is 22.1 Å². The Balaban J connectivity index is 0.000000217. The Morgan fingerprint density at radius 2 is 1.01 bits per heavy atom. The molecule has 0 aliphatic carbocycles. The molecule has 0 amide bonds. The van der Waals surface area contributed by atoms with Crippen LogP contribution in [0.5, 0.6) is 0 Å². The molecular formula is C67H94O20S. The lowest BCUT2D eigenvalue weighted by Gasteiger charge is -2.30. The Bertz CT molecular complexity index is 2750. The topological polar surface area (TPSA) is 238 Å². The number of hydrogen-bond donors (Lipinski definition) is 2. The zero-order valence-corrected chi connectivity index (χ0v) is 53.5. The molecule has 0 radical (unpaired) electrons. The van der Waals surface area contributed by atoms with Gasteiger partial charge in [-0.05, 0) is 98.1 Å². The molecule has 10 atom stereocenters. The van der Waals surface area contributed by atoms with Crippen LogP contribution in [0, 0.1) is 17.8 Å². The lowest BCUT2D eigenvalue weighted by atomic mass is 9.95. The molecule has 4 aliphatic heterocycles. The fourth-order valence-corrected chi connectivity index (χ4v) is 10.2. The Hall–Kier alpha value is -5.31. The maximum Gasteiger partial charge on any atom is 0.336 e. The van der Waals surface area contributed by atoms with Gasteiger partial charge in [-0.3, -0.25) is 4.18 Å². The standard InChI is InChI=1S/C23H34O6.C15H20O5.C15H16O4S.C14H24O5/c1-7-18(19-16-27-23(5,6)28-19)20(21(24)29-22(2,3)4)26-14-13-25-15-17-11-9-8-10-12-17;16-12-9-19-15-14(12)13(10-20-15)18-7-6-17-8-11-4-2-1-3-5-11;16-20(17,15-9-5-2-6-10-15)19-12-11-18-13-14-7-3-1-4-8-14;1-7-9(10-8-17-14(5,6)18-10)11(15)12(16)19-13(2,3)4/h7-12,18-20H,1,13-16H2,2-6H3;1-5,12-16H,6-10H2;1-10H,11-13H2;7,9-11,15H,1,8H2,2-6H3/t18-,19+,20-;12-,13-,14+,15-;;9-,10+,11-/m10.1/s1. The molecule has 0 aromatic heterocycles. The molecule has 4 aromatic carbocycles. The molecule has 4 saturated heterocycles. The fraction of sp³-hybridized carbons (Fsp3) is 0.552. The molecule has 2 N–H and O–H groups in total. The number of carbonyl (C=O) groups excluding carboxylic acids is 2. The first-order valence-corrected chi connectivity index (χ1v) is 31.1. The van der Waals surface area contributed by atoms with Crippen LogP contribution in [0.4, 0.5) is 0 Å². The number of hydrogen-bond acceptors (Lipinski definition) is 20. The fourth-order valence-electron chi connectivity index (χ4n) is 9.26. The normalized spacial score (nSPS) is 22.4. The third-order valence-corrected chi connectivity index (χ3v) is 14.8. The zero-order chi connectivity index (χ0) is 64.4. The van der Waals surface area contributed by atoms with Crippen LogP contribution >= 0.6 is 0 Å². The van der Waals surface area contributed by atoms with Gasteiger partial charge in [-0.25, -0.2) is 9.59 Å². The number of carbonyl (C=O) groups is 2. The first kappa shape index (κ1) is 73.4. The van der Waals surface area contributed by atoms with E-state index < -0.39 is 81.1 Å². The quantitative estimate of drug-likeness (QED) is 0.0245. The van der Waals surface area contributed by atoms with Crippen LogP contribution in [0.1, 0.15) is 85.9 Å². The third kappa shape index (κ3) is 26.3. The molecule has 4 aliphatic rings. The SMILES string of the molecule is C=C[C@H]([C@@H]1COC(C)(C)O1)[C@@H](O)C(=O)OC(C)(C)C.C=C[C@H]([C@@H]1COC(C)(C)O1)[C@@H](OCCOCc1ccccc1)C(=O)OC(C)(C)C.O=S(=O)(OCCOCc1ccccc1)c1ccccc1.O[C@H]1CO[C@H]2OC[C@H](OCCOCc3ccccc3)[C@H]21. The van der Waals surface area contributed by atoms with Crippen LogP contribution in [0.3, 0.4) is 0 Å². The van der Waals surface area contributed by atoms with Crippen LogP contribution in [0.25, 0.3) is 0 Å². The molecular weight excluding hydrogens is 1160 g/mol. The second kappa shape index (κ2) is 35.9. The molecule has 0 bridgehead atoms. The predicted octanol–water partition coefficient (Wildman–Crippen LogP) is 9.09. The van der Waals surface area contributed by atoms with Crippen LogP contribution < -0.4 is 0 Å². The summed E-state index contributed by atoms with van der Waals surface area (Å²) in [5.41, 5.74) is 2.00. The van der Waals surface area contributed by atoms with Gasteiger partial charge in [0.05, 0.1) is 121 Å². The molecule has 4 aromatic rings. The van der Waals surface area contributed by atoms with Gasteiger partial charge in [0.15, 0.2) is 30.1 Å². The maximum absolute atomic E-state index is 12.8. The van der Waals surface area contributed by atoms with Crippen molar-refractivity contribution in [2.75, 3.05) is 66.1 Å². The van der Waals surface area contributed by atoms with Gasteiger partial charge in [-0.15, -0.1) is 13.2 Å². The van der Waals surface area contributed by atoms with E-state index in [1.54, 1.807) is 58.9 Å². The Morgan fingerprint density at radius 3 is 1.45 bits per heavy atom. The van der Waals surface area contributed by atoms with E-state index in [4.69, 9.17) is 65.8 Å². The molecule has 8 rings (SSSR count). The van der Waals surface area contributed by atoms with E-state index in [9.17, 15) is 28.2 Å². The number of aliphatic hydroxyl groups is 2. The van der Waals surface area contributed by atoms with Crippen LogP contribution in [-0.2, 0) is 105 Å². The minimum Gasteiger partial charge on any atom is -0.458 e. The van der Waals surface area contributed by atoms with Gasteiger partial charge in [0.1, 0.15) is 11.2 Å². The van der Waals surface area contributed by atoms with Gasteiger partial charge in [0.2, 0.25) is 0 Å². The van der Waals surface area contributed by atoms with E-state index in [-0.39, 0.29) is 49.1 Å². The zero-order valence-electron chi connectivity index (χ0n) is 52.7.